The minimum atomic E-state index is -0.469. The van der Waals surface area contributed by atoms with E-state index in [1.54, 1.807) is 0 Å². The van der Waals surface area contributed by atoms with Crippen LogP contribution in [0.25, 0.3) is 0 Å². The summed E-state index contributed by atoms with van der Waals surface area (Å²) in [5, 5.41) is 0. The zero-order valence-corrected chi connectivity index (χ0v) is 12.5. The molecule has 0 aliphatic heterocycles. The lowest BCUT2D eigenvalue weighted by atomic mass is 9.58. The molecule has 0 aromatic rings. The van der Waals surface area contributed by atoms with Gasteiger partial charge >= 0.3 is 0 Å². The molecule has 0 unspecified atom stereocenters. The SMILES string of the molecule is NCCCC1(C(N)(N)C2CCCCC2)CCCCC1. The Morgan fingerprint density at radius 2 is 1.47 bits per heavy atom. The van der Waals surface area contributed by atoms with Gasteiger partial charge in [0.25, 0.3) is 0 Å². The Labute approximate surface area is 118 Å². The Bertz CT molecular complexity index is 263. The molecule has 0 amide bonds. The largest absolute Gasteiger partial charge is 0.330 e. The minimum Gasteiger partial charge on any atom is -0.330 e. The monoisotopic (exact) mass is 267 g/mol. The van der Waals surface area contributed by atoms with Gasteiger partial charge in [-0.3, -0.25) is 0 Å². The van der Waals surface area contributed by atoms with Crippen molar-refractivity contribution in [2.75, 3.05) is 6.54 Å². The number of nitrogens with two attached hydrogens (primary N) is 3. The van der Waals surface area contributed by atoms with Crippen LogP contribution in [0.3, 0.4) is 0 Å². The Hall–Kier alpha value is -0.120. The van der Waals surface area contributed by atoms with E-state index >= 15 is 0 Å². The van der Waals surface area contributed by atoms with Crippen molar-refractivity contribution in [2.24, 2.45) is 28.5 Å². The van der Waals surface area contributed by atoms with Gasteiger partial charge in [0.1, 0.15) is 0 Å². The average Bonchev–Trinajstić information content (AvgIpc) is 2.47. The fraction of sp³-hybridized carbons (Fsp3) is 1.00. The molecular weight excluding hydrogens is 234 g/mol. The van der Waals surface area contributed by atoms with Gasteiger partial charge in [0, 0.05) is 5.41 Å². The van der Waals surface area contributed by atoms with E-state index in [9.17, 15) is 0 Å². The van der Waals surface area contributed by atoms with Crippen molar-refractivity contribution in [1.29, 1.82) is 0 Å². The Morgan fingerprint density at radius 3 is 2.05 bits per heavy atom. The van der Waals surface area contributed by atoms with Crippen molar-refractivity contribution >= 4 is 0 Å². The van der Waals surface area contributed by atoms with Crippen LogP contribution in [-0.2, 0) is 0 Å². The van der Waals surface area contributed by atoms with E-state index in [-0.39, 0.29) is 5.41 Å². The topological polar surface area (TPSA) is 78.1 Å². The summed E-state index contributed by atoms with van der Waals surface area (Å²) in [7, 11) is 0. The van der Waals surface area contributed by atoms with E-state index in [4.69, 9.17) is 17.2 Å². The maximum Gasteiger partial charge on any atom is 0.0723 e. The standard InChI is InChI=1S/C16H33N3/c17-13-7-12-15(10-5-2-6-11-15)16(18,19)14-8-3-1-4-9-14/h14H,1-13,17-19H2. The van der Waals surface area contributed by atoms with Gasteiger partial charge in [0.2, 0.25) is 0 Å². The van der Waals surface area contributed by atoms with Crippen LogP contribution in [0.1, 0.15) is 77.0 Å². The van der Waals surface area contributed by atoms with Gasteiger partial charge in [-0.05, 0) is 51.0 Å². The highest BCUT2D eigenvalue weighted by Gasteiger charge is 2.50. The number of hydrogen-bond donors (Lipinski definition) is 3. The molecule has 112 valence electrons. The first-order valence-electron chi connectivity index (χ1n) is 8.40. The zero-order valence-electron chi connectivity index (χ0n) is 12.5. The molecule has 0 heterocycles. The average molecular weight is 267 g/mol. The van der Waals surface area contributed by atoms with Crippen molar-refractivity contribution in [3.05, 3.63) is 0 Å². The van der Waals surface area contributed by atoms with E-state index in [0.717, 1.165) is 19.4 Å². The van der Waals surface area contributed by atoms with E-state index in [0.29, 0.717) is 5.92 Å². The molecule has 2 aliphatic carbocycles. The molecule has 2 saturated carbocycles. The second kappa shape index (κ2) is 6.55. The summed E-state index contributed by atoms with van der Waals surface area (Å²) in [6.07, 6.45) is 15.0. The third-order valence-corrected chi connectivity index (χ3v) is 5.87. The second-order valence-electron chi connectivity index (χ2n) is 7.00. The minimum absolute atomic E-state index is 0.159. The third kappa shape index (κ3) is 3.14. The summed E-state index contributed by atoms with van der Waals surface area (Å²) < 4.78 is 0. The Kier molecular flexibility index (Phi) is 5.27. The van der Waals surface area contributed by atoms with E-state index in [2.05, 4.69) is 0 Å². The maximum atomic E-state index is 6.78. The van der Waals surface area contributed by atoms with E-state index in [1.807, 2.05) is 0 Å². The van der Waals surface area contributed by atoms with Gasteiger partial charge in [0.15, 0.2) is 0 Å². The molecule has 0 radical (unpaired) electrons. The lowest BCUT2D eigenvalue weighted by molar-refractivity contribution is 0.00325. The highest BCUT2D eigenvalue weighted by molar-refractivity contribution is 5.04. The predicted octanol–water partition coefficient (Wildman–Crippen LogP) is 2.87. The van der Waals surface area contributed by atoms with E-state index in [1.165, 1.54) is 64.2 Å². The normalized spacial score (nSPS) is 25.4. The highest BCUT2D eigenvalue weighted by atomic mass is 15.0. The zero-order chi connectivity index (χ0) is 13.8. The van der Waals surface area contributed by atoms with Gasteiger partial charge in [-0.25, -0.2) is 0 Å². The molecule has 3 heteroatoms. The molecule has 6 N–H and O–H groups in total. The van der Waals surface area contributed by atoms with Gasteiger partial charge in [-0.15, -0.1) is 0 Å². The van der Waals surface area contributed by atoms with Crippen LogP contribution in [0, 0.1) is 11.3 Å². The molecular formula is C16H33N3. The smallest absolute Gasteiger partial charge is 0.0723 e. The van der Waals surface area contributed by atoms with Crippen molar-refractivity contribution in [3.8, 4) is 0 Å². The van der Waals surface area contributed by atoms with Gasteiger partial charge in [-0.1, -0.05) is 38.5 Å². The van der Waals surface area contributed by atoms with Crippen molar-refractivity contribution in [3.63, 3.8) is 0 Å². The highest BCUT2D eigenvalue weighted by Crippen LogP contribution is 2.50. The van der Waals surface area contributed by atoms with Crippen LogP contribution < -0.4 is 17.2 Å². The first kappa shape index (κ1) is 15.3. The number of hydrogen-bond acceptors (Lipinski definition) is 3. The summed E-state index contributed by atoms with van der Waals surface area (Å²) in [6, 6.07) is 0. The molecule has 19 heavy (non-hydrogen) atoms. The lowest BCUT2D eigenvalue weighted by Crippen LogP contribution is -2.67. The predicted molar refractivity (Wildman–Crippen MR) is 81.5 cm³/mol. The summed E-state index contributed by atoms with van der Waals surface area (Å²) in [4.78, 5) is 0. The van der Waals surface area contributed by atoms with Crippen molar-refractivity contribution in [2.45, 2.75) is 82.7 Å². The molecule has 0 aromatic heterocycles. The first-order valence-corrected chi connectivity index (χ1v) is 8.40. The fourth-order valence-electron chi connectivity index (χ4n) is 4.58. The molecule has 0 spiro atoms. The van der Waals surface area contributed by atoms with Crippen LogP contribution >= 0.6 is 0 Å². The Balaban J connectivity index is 2.14. The summed E-state index contributed by atoms with van der Waals surface area (Å²) in [5.41, 5.74) is 19.0. The van der Waals surface area contributed by atoms with Crippen LogP contribution in [-0.4, -0.2) is 12.2 Å². The van der Waals surface area contributed by atoms with Crippen molar-refractivity contribution in [1.82, 2.24) is 0 Å². The molecule has 2 fully saturated rings. The van der Waals surface area contributed by atoms with Gasteiger partial charge in [-0.2, -0.15) is 0 Å². The second-order valence-corrected chi connectivity index (χ2v) is 7.00. The maximum absolute atomic E-state index is 6.78. The first-order chi connectivity index (χ1) is 9.12. The molecule has 0 atom stereocenters. The summed E-state index contributed by atoms with van der Waals surface area (Å²) in [5.74, 6) is 0.525. The van der Waals surface area contributed by atoms with Crippen LogP contribution in [0.4, 0.5) is 0 Å². The quantitative estimate of drug-likeness (QED) is 0.670. The molecule has 2 aliphatic rings. The number of rotatable bonds is 5. The lowest BCUT2D eigenvalue weighted by Gasteiger charge is -2.53. The van der Waals surface area contributed by atoms with E-state index < -0.39 is 5.66 Å². The van der Waals surface area contributed by atoms with Crippen molar-refractivity contribution < 1.29 is 0 Å². The van der Waals surface area contributed by atoms with Crippen LogP contribution in [0.5, 0.6) is 0 Å². The van der Waals surface area contributed by atoms with Crippen LogP contribution in [0.2, 0.25) is 0 Å². The molecule has 0 bridgehead atoms. The molecule has 3 nitrogen and oxygen atoms in total. The Morgan fingerprint density at radius 1 is 0.895 bits per heavy atom. The van der Waals surface area contributed by atoms with Gasteiger partial charge in [0.05, 0.1) is 5.66 Å². The molecule has 2 rings (SSSR count). The fourth-order valence-corrected chi connectivity index (χ4v) is 4.58. The van der Waals surface area contributed by atoms with Gasteiger partial charge < -0.3 is 17.2 Å². The summed E-state index contributed by atoms with van der Waals surface area (Å²) in [6.45, 7) is 0.766. The molecule has 0 saturated heterocycles. The third-order valence-electron chi connectivity index (χ3n) is 5.87. The molecule has 0 aromatic carbocycles. The van der Waals surface area contributed by atoms with Crippen LogP contribution in [0.15, 0.2) is 0 Å². The summed E-state index contributed by atoms with van der Waals surface area (Å²) >= 11 is 0.